The van der Waals surface area contributed by atoms with Crippen LogP contribution in [-0.4, -0.2) is 47.4 Å². The number of halogens is 1. The minimum Gasteiger partial charge on any atom is -0.465 e. The number of aryl methyl sites for hydroxylation is 1. The summed E-state index contributed by atoms with van der Waals surface area (Å²) in [5.74, 6) is 1.77. The van der Waals surface area contributed by atoms with Crippen molar-refractivity contribution in [2.24, 2.45) is 11.8 Å². The zero-order valence-corrected chi connectivity index (χ0v) is 19.9. The monoisotopic (exact) mass is 483 g/mol. The van der Waals surface area contributed by atoms with Crippen LogP contribution in [0.2, 0.25) is 5.28 Å². The Balaban J connectivity index is 1.38. The molecule has 2 atom stereocenters. The predicted molar refractivity (Wildman–Crippen MR) is 122 cm³/mol. The first-order valence-electron chi connectivity index (χ1n) is 11.2. The summed E-state index contributed by atoms with van der Waals surface area (Å²) in [5, 5.41) is 10.7. The molecule has 33 heavy (non-hydrogen) atoms. The highest BCUT2D eigenvalue weighted by Crippen LogP contribution is 2.64. The number of ether oxygens (including phenoxy) is 1. The fourth-order valence-corrected chi connectivity index (χ4v) is 8.45. The molecule has 4 aromatic heterocycles. The van der Waals surface area contributed by atoms with E-state index in [1.807, 2.05) is 11.6 Å². The summed E-state index contributed by atoms with van der Waals surface area (Å²) in [7, 11) is 1.40. The fraction of sp³-hybridized carbons (Fsp3) is 0.545. The number of hydrogen-bond donors (Lipinski definition) is 0. The Labute approximate surface area is 198 Å². The number of thiophene rings is 1. The van der Waals surface area contributed by atoms with E-state index in [4.69, 9.17) is 26.4 Å². The van der Waals surface area contributed by atoms with Crippen LogP contribution in [0.5, 0.6) is 0 Å². The zero-order valence-electron chi connectivity index (χ0n) is 18.3. The molecular formula is C22H22ClN7O2S. The average Bonchev–Trinajstić information content (AvgIpc) is 3.49. The van der Waals surface area contributed by atoms with Crippen LogP contribution in [0.25, 0.3) is 15.9 Å². The topological polar surface area (TPSA) is 100 Å². The summed E-state index contributed by atoms with van der Waals surface area (Å²) in [6.45, 7) is 1.93. The standard InChI is InChI=1S/C22H22ClN7O2S/c1-11-14-16-26-19(27-29(16)9-24-17(14)33-15(11)18(31)32-2)21-4-12-3-13(5-21)7-22(6-12,8-21)30-10-25-20(23)28-30/h9-10,12-13H,3-8H2,1-2H3/t12-,13-,21?,22?/m1/s1. The normalized spacial score (nSPS) is 30.5. The van der Waals surface area contributed by atoms with Gasteiger partial charge in [0.1, 0.15) is 22.4 Å². The van der Waals surface area contributed by atoms with E-state index in [9.17, 15) is 4.79 Å². The second-order valence-electron chi connectivity index (χ2n) is 10.1. The van der Waals surface area contributed by atoms with E-state index >= 15 is 0 Å². The summed E-state index contributed by atoms with van der Waals surface area (Å²) in [5.41, 5.74) is 1.42. The maximum Gasteiger partial charge on any atom is 0.348 e. The van der Waals surface area contributed by atoms with Gasteiger partial charge in [-0.05, 0) is 74.4 Å². The molecule has 4 bridgehead atoms. The van der Waals surface area contributed by atoms with Gasteiger partial charge >= 0.3 is 5.97 Å². The lowest BCUT2D eigenvalue weighted by atomic mass is 9.46. The van der Waals surface area contributed by atoms with Crippen LogP contribution in [0.15, 0.2) is 12.7 Å². The van der Waals surface area contributed by atoms with Gasteiger partial charge < -0.3 is 4.74 Å². The third kappa shape index (κ3) is 2.64. The number of aromatic nitrogens is 7. The lowest BCUT2D eigenvalue weighted by Gasteiger charge is -2.60. The number of carbonyl (C=O) groups is 1. The smallest absolute Gasteiger partial charge is 0.348 e. The van der Waals surface area contributed by atoms with E-state index in [1.54, 1.807) is 17.2 Å². The average molecular weight is 484 g/mol. The van der Waals surface area contributed by atoms with Crippen molar-refractivity contribution in [2.75, 3.05) is 7.11 Å². The lowest BCUT2D eigenvalue weighted by molar-refractivity contribution is -0.0715. The molecule has 0 aliphatic heterocycles. The zero-order chi connectivity index (χ0) is 22.5. The molecule has 4 saturated carbocycles. The largest absolute Gasteiger partial charge is 0.465 e. The van der Waals surface area contributed by atoms with Gasteiger partial charge in [0.25, 0.3) is 0 Å². The van der Waals surface area contributed by atoms with Gasteiger partial charge in [-0.25, -0.2) is 28.9 Å². The molecule has 9 nitrogen and oxygen atoms in total. The van der Waals surface area contributed by atoms with E-state index in [-0.39, 0.29) is 16.9 Å². The molecule has 0 unspecified atom stereocenters. The van der Waals surface area contributed by atoms with Crippen LogP contribution in [0.3, 0.4) is 0 Å². The van der Waals surface area contributed by atoms with Gasteiger partial charge in [-0.15, -0.1) is 21.5 Å². The number of carbonyl (C=O) groups excluding carboxylic acids is 1. The Hall–Kier alpha value is -2.59. The summed E-state index contributed by atoms with van der Waals surface area (Å²) in [6.07, 6.45) is 10.1. The Morgan fingerprint density at radius 3 is 2.67 bits per heavy atom. The minimum atomic E-state index is -0.345. The Morgan fingerprint density at radius 1 is 1.18 bits per heavy atom. The van der Waals surface area contributed by atoms with Gasteiger partial charge in [-0.2, -0.15) is 0 Å². The Morgan fingerprint density at radius 2 is 1.97 bits per heavy atom. The number of esters is 1. The number of fused-ring (bicyclic) bond motifs is 3. The van der Waals surface area contributed by atoms with Crippen molar-refractivity contribution >= 4 is 44.8 Å². The van der Waals surface area contributed by atoms with E-state index in [0.29, 0.717) is 22.0 Å². The fourth-order valence-electron chi connectivity index (χ4n) is 7.26. The SMILES string of the molecule is COC(=O)c1sc2ncn3nc(C45C[C@H]6C[C@H](C4)CC(n4cnc(Cl)n4)(C6)C5)nc3c2c1C. The van der Waals surface area contributed by atoms with Crippen LogP contribution >= 0.6 is 22.9 Å². The van der Waals surface area contributed by atoms with Crippen LogP contribution in [0, 0.1) is 18.8 Å². The van der Waals surface area contributed by atoms with Gasteiger partial charge in [0.15, 0.2) is 11.5 Å². The second kappa shape index (κ2) is 6.50. The maximum atomic E-state index is 12.2. The van der Waals surface area contributed by atoms with E-state index in [0.717, 1.165) is 59.4 Å². The number of methoxy groups -OCH3 is 1. The Kier molecular flexibility index (Phi) is 3.91. The van der Waals surface area contributed by atoms with Crippen LogP contribution in [-0.2, 0) is 15.7 Å². The lowest BCUT2D eigenvalue weighted by Crippen LogP contribution is -2.58. The maximum absolute atomic E-state index is 12.2. The van der Waals surface area contributed by atoms with Crippen molar-refractivity contribution in [1.29, 1.82) is 0 Å². The molecule has 4 heterocycles. The predicted octanol–water partition coefficient (Wildman–Crippen LogP) is 3.93. The molecule has 11 heteroatoms. The van der Waals surface area contributed by atoms with Crippen molar-refractivity contribution in [1.82, 2.24) is 34.3 Å². The van der Waals surface area contributed by atoms with Crippen molar-refractivity contribution in [3.8, 4) is 0 Å². The summed E-state index contributed by atoms with van der Waals surface area (Å²) in [4.78, 5) is 27.5. The number of rotatable bonds is 3. The molecule has 170 valence electrons. The van der Waals surface area contributed by atoms with Crippen molar-refractivity contribution in [3.05, 3.63) is 34.2 Å². The molecule has 0 spiro atoms. The van der Waals surface area contributed by atoms with E-state index in [2.05, 4.69) is 15.1 Å². The molecule has 0 aromatic carbocycles. The molecule has 0 N–H and O–H groups in total. The number of hydrogen-bond acceptors (Lipinski definition) is 8. The van der Waals surface area contributed by atoms with Gasteiger partial charge in [-0.1, -0.05) is 0 Å². The van der Waals surface area contributed by atoms with Crippen LogP contribution in [0.4, 0.5) is 0 Å². The third-order valence-corrected chi connectivity index (χ3v) is 9.45. The van der Waals surface area contributed by atoms with Crippen molar-refractivity contribution in [2.45, 2.75) is 56.4 Å². The summed E-state index contributed by atoms with van der Waals surface area (Å²) < 4.78 is 8.75. The van der Waals surface area contributed by atoms with Gasteiger partial charge in [0.2, 0.25) is 5.28 Å². The quantitative estimate of drug-likeness (QED) is 0.407. The molecule has 0 radical (unpaired) electrons. The molecule has 4 fully saturated rings. The summed E-state index contributed by atoms with van der Waals surface area (Å²) in [6, 6.07) is 0. The first-order chi connectivity index (χ1) is 15.9. The molecule has 0 amide bonds. The highest BCUT2D eigenvalue weighted by atomic mass is 35.5. The van der Waals surface area contributed by atoms with Gasteiger partial charge in [-0.3, -0.25) is 0 Å². The van der Waals surface area contributed by atoms with Crippen LogP contribution < -0.4 is 0 Å². The van der Waals surface area contributed by atoms with E-state index < -0.39 is 0 Å². The highest BCUT2D eigenvalue weighted by molar-refractivity contribution is 7.20. The van der Waals surface area contributed by atoms with Crippen LogP contribution in [0.1, 0.15) is 59.6 Å². The molecule has 4 aliphatic rings. The summed E-state index contributed by atoms with van der Waals surface area (Å²) >= 11 is 7.44. The molecular weight excluding hydrogens is 462 g/mol. The Bertz CT molecular complexity index is 1440. The minimum absolute atomic E-state index is 0.0778. The number of nitrogens with zero attached hydrogens (tertiary/aromatic N) is 7. The van der Waals surface area contributed by atoms with E-state index in [1.165, 1.54) is 24.9 Å². The van der Waals surface area contributed by atoms with Crippen molar-refractivity contribution < 1.29 is 9.53 Å². The second-order valence-corrected chi connectivity index (χ2v) is 11.4. The molecule has 8 rings (SSSR count). The molecule has 4 aliphatic carbocycles. The third-order valence-electron chi connectivity index (χ3n) is 8.09. The molecule has 4 aromatic rings. The van der Waals surface area contributed by atoms with Crippen molar-refractivity contribution in [3.63, 3.8) is 0 Å². The molecule has 0 saturated heterocycles. The van der Waals surface area contributed by atoms with Gasteiger partial charge in [0.05, 0.1) is 18.0 Å². The van der Waals surface area contributed by atoms with Gasteiger partial charge in [0, 0.05) is 5.41 Å². The first kappa shape index (κ1) is 19.8. The first-order valence-corrected chi connectivity index (χ1v) is 12.4. The highest BCUT2D eigenvalue weighted by Gasteiger charge is 2.61.